The molecule has 2 N–H and O–H groups in total. The minimum Gasteiger partial charge on any atom is -0.493 e. The minimum absolute atomic E-state index is 0.538. The molecule has 1 aliphatic rings. The number of allylic oxidation sites excluding steroid dienone is 3. The summed E-state index contributed by atoms with van der Waals surface area (Å²) in [6.07, 6.45) is 7.73. The Labute approximate surface area is 98.3 Å². The van der Waals surface area contributed by atoms with Crippen molar-refractivity contribution >= 4 is 0 Å². The summed E-state index contributed by atoms with van der Waals surface area (Å²) in [4.78, 5) is 2.34. The van der Waals surface area contributed by atoms with Gasteiger partial charge in [0.1, 0.15) is 12.4 Å². The van der Waals surface area contributed by atoms with Crippen LogP contribution in [0.3, 0.4) is 0 Å². The zero-order chi connectivity index (χ0) is 12.0. The SMILES string of the molecule is C=C(/C=C(C)\C=C/N)OCC1CCCN1C. The van der Waals surface area contributed by atoms with E-state index in [1.54, 1.807) is 0 Å². The van der Waals surface area contributed by atoms with Crippen molar-refractivity contribution in [1.82, 2.24) is 4.90 Å². The third kappa shape index (κ3) is 4.11. The van der Waals surface area contributed by atoms with Gasteiger partial charge in [-0.2, -0.15) is 0 Å². The number of rotatable bonds is 5. The summed E-state index contributed by atoms with van der Waals surface area (Å²) in [5.41, 5.74) is 6.35. The van der Waals surface area contributed by atoms with Gasteiger partial charge in [-0.3, -0.25) is 0 Å². The summed E-state index contributed by atoms with van der Waals surface area (Å²) in [5.74, 6) is 0.705. The largest absolute Gasteiger partial charge is 0.493 e. The first kappa shape index (κ1) is 12.8. The predicted octanol–water partition coefficient (Wildman–Crippen LogP) is 2.03. The summed E-state index contributed by atoms with van der Waals surface area (Å²) >= 11 is 0. The fourth-order valence-corrected chi connectivity index (χ4v) is 1.89. The van der Waals surface area contributed by atoms with Crippen LogP contribution >= 0.6 is 0 Å². The molecule has 90 valence electrons. The molecule has 1 heterocycles. The fourth-order valence-electron chi connectivity index (χ4n) is 1.89. The number of hydrogen-bond acceptors (Lipinski definition) is 3. The van der Waals surface area contributed by atoms with Gasteiger partial charge in [-0.05, 0) is 57.3 Å². The van der Waals surface area contributed by atoms with E-state index in [4.69, 9.17) is 10.5 Å². The van der Waals surface area contributed by atoms with Crippen molar-refractivity contribution in [2.24, 2.45) is 5.73 Å². The zero-order valence-electron chi connectivity index (χ0n) is 10.3. The number of likely N-dealkylation sites (tertiary alicyclic amines) is 1. The molecular formula is C13H22N2O. The molecule has 16 heavy (non-hydrogen) atoms. The van der Waals surface area contributed by atoms with Crippen LogP contribution in [0.25, 0.3) is 0 Å². The quantitative estimate of drug-likeness (QED) is 0.571. The first-order valence-electron chi connectivity index (χ1n) is 5.72. The molecule has 1 rings (SSSR count). The van der Waals surface area contributed by atoms with E-state index in [1.165, 1.54) is 25.6 Å². The Morgan fingerprint density at radius 1 is 1.62 bits per heavy atom. The molecule has 1 atom stereocenters. The maximum absolute atomic E-state index is 5.63. The Hall–Kier alpha value is -1.22. The molecule has 0 aromatic heterocycles. The van der Waals surface area contributed by atoms with Crippen LogP contribution in [0.5, 0.6) is 0 Å². The van der Waals surface area contributed by atoms with Gasteiger partial charge >= 0.3 is 0 Å². The van der Waals surface area contributed by atoms with E-state index in [0.29, 0.717) is 11.8 Å². The molecule has 1 saturated heterocycles. The van der Waals surface area contributed by atoms with Crippen LogP contribution in [0, 0.1) is 0 Å². The molecule has 0 bridgehead atoms. The van der Waals surface area contributed by atoms with E-state index in [0.717, 1.165) is 12.2 Å². The van der Waals surface area contributed by atoms with Crippen LogP contribution in [0.15, 0.2) is 36.3 Å². The van der Waals surface area contributed by atoms with Gasteiger partial charge in [0.25, 0.3) is 0 Å². The number of nitrogens with zero attached hydrogens (tertiary/aromatic N) is 1. The summed E-state index contributed by atoms with van der Waals surface area (Å²) in [5, 5.41) is 0. The molecule has 0 spiro atoms. The van der Waals surface area contributed by atoms with Crippen molar-refractivity contribution in [2.45, 2.75) is 25.8 Å². The molecule has 0 radical (unpaired) electrons. The molecule has 0 aliphatic carbocycles. The average Bonchev–Trinajstić information content (AvgIpc) is 2.61. The summed E-state index contributed by atoms with van der Waals surface area (Å²) in [6.45, 7) is 7.74. The second kappa shape index (κ2) is 6.38. The molecule has 1 fully saturated rings. The Kier molecular flexibility index (Phi) is 5.12. The Morgan fingerprint density at radius 2 is 2.38 bits per heavy atom. The topological polar surface area (TPSA) is 38.5 Å². The highest BCUT2D eigenvalue weighted by Gasteiger charge is 2.20. The first-order chi connectivity index (χ1) is 7.63. The second-order valence-corrected chi connectivity index (χ2v) is 4.30. The lowest BCUT2D eigenvalue weighted by Crippen LogP contribution is -2.29. The standard InChI is InChI=1S/C13H22N2O/c1-11(6-7-14)9-12(2)16-10-13-5-4-8-15(13)3/h6-7,9,13H,2,4-5,8,10,14H2,1,3H3/b7-6-,11-9-. The van der Waals surface area contributed by atoms with Crippen molar-refractivity contribution in [3.05, 3.63) is 36.3 Å². The highest BCUT2D eigenvalue weighted by Crippen LogP contribution is 2.16. The van der Waals surface area contributed by atoms with E-state index in [2.05, 4.69) is 18.5 Å². The van der Waals surface area contributed by atoms with Crippen molar-refractivity contribution in [3.63, 3.8) is 0 Å². The van der Waals surface area contributed by atoms with Crippen LogP contribution in [0.1, 0.15) is 19.8 Å². The van der Waals surface area contributed by atoms with E-state index in [9.17, 15) is 0 Å². The lowest BCUT2D eigenvalue weighted by atomic mass is 10.2. The van der Waals surface area contributed by atoms with Gasteiger partial charge in [-0.25, -0.2) is 0 Å². The number of ether oxygens (including phenoxy) is 1. The lowest BCUT2D eigenvalue weighted by molar-refractivity contribution is 0.147. The second-order valence-electron chi connectivity index (χ2n) is 4.30. The van der Waals surface area contributed by atoms with Gasteiger partial charge in [0.05, 0.1) is 0 Å². The maximum atomic E-state index is 5.63. The monoisotopic (exact) mass is 222 g/mol. The maximum Gasteiger partial charge on any atom is 0.112 e. The van der Waals surface area contributed by atoms with E-state index >= 15 is 0 Å². The number of hydrogen-bond donors (Lipinski definition) is 1. The molecular weight excluding hydrogens is 200 g/mol. The molecule has 0 saturated carbocycles. The number of nitrogens with two attached hydrogens (primary N) is 1. The van der Waals surface area contributed by atoms with Gasteiger partial charge in [0.2, 0.25) is 0 Å². The Morgan fingerprint density at radius 3 is 2.94 bits per heavy atom. The van der Waals surface area contributed by atoms with Gasteiger partial charge in [0, 0.05) is 6.04 Å². The molecule has 1 aliphatic heterocycles. The highest BCUT2D eigenvalue weighted by atomic mass is 16.5. The smallest absolute Gasteiger partial charge is 0.112 e. The highest BCUT2D eigenvalue weighted by molar-refractivity contribution is 5.23. The molecule has 3 nitrogen and oxygen atoms in total. The van der Waals surface area contributed by atoms with Crippen molar-refractivity contribution in [3.8, 4) is 0 Å². The number of likely N-dealkylation sites (N-methyl/N-ethyl adjacent to an activating group) is 1. The van der Waals surface area contributed by atoms with E-state index in [1.807, 2.05) is 19.1 Å². The lowest BCUT2D eigenvalue weighted by Gasteiger charge is -2.19. The molecule has 1 unspecified atom stereocenters. The van der Waals surface area contributed by atoms with Crippen molar-refractivity contribution in [1.29, 1.82) is 0 Å². The van der Waals surface area contributed by atoms with Crippen LogP contribution in [-0.2, 0) is 4.74 Å². The third-order valence-electron chi connectivity index (χ3n) is 2.88. The average molecular weight is 222 g/mol. The molecule has 0 aromatic rings. The molecule has 3 heteroatoms. The van der Waals surface area contributed by atoms with E-state index < -0.39 is 0 Å². The summed E-state index contributed by atoms with van der Waals surface area (Å²) < 4.78 is 5.63. The predicted molar refractivity (Wildman–Crippen MR) is 67.8 cm³/mol. The van der Waals surface area contributed by atoms with E-state index in [-0.39, 0.29) is 0 Å². The van der Waals surface area contributed by atoms with Gasteiger partial charge in [0.15, 0.2) is 0 Å². The Bertz CT molecular complexity index is 294. The molecule has 0 amide bonds. The third-order valence-corrected chi connectivity index (χ3v) is 2.88. The summed E-state index contributed by atoms with van der Waals surface area (Å²) in [6, 6.07) is 0.538. The van der Waals surface area contributed by atoms with Crippen LogP contribution in [0.4, 0.5) is 0 Å². The summed E-state index contributed by atoms with van der Waals surface area (Å²) in [7, 11) is 2.14. The van der Waals surface area contributed by atoms with Crippen molar-refractivity contribution in [2.75, 3.05) is 20.2 Å². The van der Waals surface area contributed by atoms with Gasteiger partial charge in [-0.15, -0.1) is 0 Å². The van der Waals surface area contributed by atoms with Crippen LogP contribution in [0.2, 0.25) is 0 Å². The minimum atomic E-state index is 0.538. The normalized spacial score (nSPS) is 22.9. The van der Waals surface area contributed by atoms with Gasteiger partial charge < -0.3 is 15.4 Å². The fraction of sp³-hybridized carbons (Fsp3) is 0.538. The van der Waals surface area contributed by atoms with Crippen molar-refractivity contribution < 1.29 is 4.74 Å². The van der Waals surface area contributed by atoms with Crippen LogP contribution < -0.4 is 5.73 Å². The Balaban J connectivity index is 2.32. The molecule has 0 aromatic carbocycles. The van der Waals surface area contributed by atoms with Gasteiger partial charge in [-0.1, -0.05) is 6.58 Å². The zero-order valence-corrected chi connectivity index (χ0v) is 10.3. The first-order valence-corrected chi connectivity index (χ1v) is 5.72. The van der Waals surface area contributed by atoms with Crippen LogP contribution in [-0.4, -0.2) is 31.1 Å².